The molecule has 3 nitrogen and oxygen atoms in total. The van der Waals surface area contributed by atoms with Crippen LogP contribution in [0.4, 0.5) is 0 Å². The fourth-order valence-corrected chi connectivity index (χ4v) is 1.05. The first-order chi connectivity index (χ1) is 5.36. The molecule has 0 aromatic heterocycles. The Morgan fingerprint density at radius 3 is 3.18 bits per heavy atom. The number of amides is 1. The largest absolute Gasteiger partial charge is 0.279 e. The zero-order valence-corrected chi connectivity index (χ0v) is 5.77. The molecule has 0 aromatic carbocycles. The van der Waals surface area contributed by atoms with Crippen molar-refractivity contribution in [2.24, 2.45) is 9.98 Å². The van der Waals surface area contributed by atoms with Crippen molar-refractivity contribution in [3.63, 3.8) is 0 Å². The Morgan fingerprint density at radius 1 is 1.36 bits per heavy atom. The number of carbonyl (C=O) groups excluding carboxylic acids is 1. The molecule has 54 valence electrons. The lowest BCUT2D eigenvalue weighted by molar-refractivity contribution is -0.113. The van der Waals surface area contributed by atoms with Gasteiger partial charge in [0.25, 0.3) is 5.91 Å². The van der Waals surface area contributed by atoms with Gasteiger partial charge in [-0.3, -0.25) is 9.79 Å². The molecule has 0 bridgehead atoms. The summed E-state index contributed by atoms with van der Waals surface area (Å²) in [5.41, 5.74) is 0.736. The van der Waals surface area contributed by atoms with E-state index < -0.39 is 0 Å². The van der Waals surface area contributed by atoms with Crippen molar-refractivity contribution < 1.29 is 4.79 Å². The number of rotatable bonds is 0. The van der Waals surface area contributed by atoms with E-state index in [4.69, 9.17) is 0 Å². The minimum atomic E-state index is -0.196. The third kappa shape index (κ3) is 1.05. The number of hydrogen-bond donors (Lipinski definition) is 0. The molecule has 2 aliphatic rings. The molecule has 2 aliphatic heterocycles. The molecular weight excluding hydrogens is 140 g/mol. The predicted molar refractivity (Wildman–Crippen MR) is 43.0 cm³/mol. The van der Waals surface area contributed by atoms with E-state index in [1.165, 1.54) is 6.08 Å². The minimum Gasteiger partial charge on any atom is -0.279 e. The van der Waals surface area contributed by atoms with Gasteiger partial charge in [0, 0.05) is 12.3 Å². The van der Waals surface area contributed by atoms with E-state index in [2.05, 4.69) is 9.98 Å². The molecule has 0 N–H and O–H groups in total. The molecule has 3 heteroatoms. The van der Waals surface area contributed by atoms with Crippen LogP contribution < -0.4 is 0 Å². The first-order valence-electron chi connectivity index (χ1n) is 3.37. The van der Waals surface area contributed by atoms with Crippen molar-refractivity contribution in [2.75, 3.05) is 0 Å². The van der Waals surface area contributed by atoms with Gasteiger partial charge in [-0.2, -0.15) is 0 Å². The molecule has 0 spiro atoms. The van der Waals surface area contributed by atoms with Crippen molar-refractivity contribution in [2.45, 2.75) is 6.04 Å². The maximum absolute atomic E-state index is 10.8. The number of allylic oxidation sites excluding steroid dienone is 1. The molecule has 2 heterocycles. The smallest absolute Gasteiger partial charge is 0.269 e. The van der Waals surface area contributed by atoms with Crippen LogP contribution in [-0.2, 0) is 4.79 Å². The summed E-state index contributed by atoms with van der Waals surface area (Å²) >= 11 is 0. The van der Waals surface area contributed by atoms with Crippen molar-refractivity contribution in [3.8, 4) is 0 Å². The molecule has 0 radical (unpaired) electrons. The molecule has 0 saturated carbocycles. The molecule has 11 heavy (non-hydrogen) atoms. The van der Waals surface area contributed by atoms with E-state index in [9.17, 15) is 4.79 Å². The number of aliphatic imine (C=N–C) groups is 2. The molecule has 1 amide bonds. The summed E-state index contributed by atoms with van der Waals surface area (Å²) in [6, 6.07) is -0.0299. The van der Waals surface area contributed by atoms with Crippen LogP contribution in [0.2, 0.25) is 0 Å². The number of carbonyl (C=O) groups is 1. The Balaban J connectivity index is 2.39. The van der Waals surface area contributed by atoms with Gasteiger partial charge < -0.3 is 0 Å². The summed E-state index contributed by atoms with van der Waals surface area (Å²) in [6.07, 6.45) is 8.50. The molecule has 0 aromatic rings. The lowest BCUT2D eigenvalue weighted by Gasteiger charge is -2.12. The van der Waals surface area contributed by atoms with E-state index in [1.807, 2.05) is 0 Å². The zero-order chi connectivity index (χ0) is 7.68. The molecule has 1 atom stereocenters. The maximum Gasteiger partial charge on any atom is 0.269 e. The fraction of sp³-hybridized carbons (Fsp3) is 0.125. The monoisotopic (exact) mass is 146 g/mol. The third-order valence-corrected chi connectivity index (χ3v) is 1.56. The highest BCUT2D eigenvalue weighted by molar-refractivity contribution is 6.14. The number of fused-ring (bicyclic) bond motifs is 1. The topological polar surface area (TPSA) is 41.8 Å². The van der Waals surface area contributed by atoms with Crippen molar-refractivity contribution in [1.82, 2.24) is 0 Å². The van der Waals surface area contributed by atoms with Crippen LogP contribution >= 0.6 is 0 Å². The Bertz CT molecular complexity index is 310. The molecule has 0 aliphatic carbocycles. The normalized spacial score (nSPS) is 26.7. The van der Waals surface area contributed by atoms with E-state index in [1.54, 1.807) is 24.4 Å². The molecule has 0 saturated heterocycles. The zero-order valence-electron chi connectivity index (χ0n) is 5.77. The van der Waals surface area contributed by atoms with Crippen LogP contribution in [0.1, 0.15) is 0 Å². The molecular formula is C8H6N2O. The fourth-order valence-electron chi connectivity index (χ4n) is 1.05. The van der Waals surface area contributed by atoms with Gasteiger partial charge in [-0.05, 0) is 18.2 Å². The van der Waals surface area contributed by atoms with Crippen molar-refractivity contribution in [3.05, 3.63) is 24.3 Å². The Kier molecular flexibility index (Phi) is 1.28. The summed E-state index contributed by atoms with van der Waals surface area (Å²) < 4.78 is 0. The Labute approximate surface area is 63.9 Å². The standard InChI is InChI=1S/C8H6N2O/c11-8-4-3-6-7(10-8)2-1-5-9-6/h1-6H. The summed E-state index contributed by atoms with van der Waals surface area (Å²) in [4.78, 5) is 18.7. The maximum atomic E-state index is 10.8. The lowest BCUT2D eigenvalue weighted by Crippen LogP contribution is -2.21. The van der Waals surface area contributed by atoms with E-state index in [0.29, 0.717) is 0 Å². The highest BCUT2D eigenvalue weighted by Gasteiger charge is 2.15. The van der Waals surface area contributed by atoms with Gasteiger partial charge in [0.15, 0.2) is 0 Å². The Hall–Kier alpha value is -1.51. The third-order valence-electron chi connectivity index (χ3n) is 1.56. The second kappa shape index (κ2) is 2.27. The van der Waals surface area contributed by atoms with E-state index in [-0.39, 0.29) is 11.9 Å². The summed E-state index contributed by atoms with van der Waals surface area (Å²) in [5.74, 6) is -0.196. The SMILES string of the molecule is O=C1C=CC2N=CC=CC2=N1. The first kappa shape index (κ1) is 6.22. The van der Waals surface area contributed by atoms with Gasteiger partial charge in [-0.25, -0.2) is 4.99 Å². The second-order valence-corrected chi connectivity index (χ2v) is 2.34. The number of hydrogen-bond acceptors (Lipinski definition) is 2. The van der Waals surface area contributed by atoms with Crippen LogP contribution in [0, 0.1) is 0 Å². The quantitative estimate of drug-likeness (QED) is 0.491. The molecule has 0 fully saturated rings. The predicted octanol–water partition coefficient (Wildman–Crippen LogP) is 0.533. The van der Waals surface area contributed by atoms with Gasteiger partial charge in [-0.1, -0.05) is 0 Å². The van der Waals surface area contributed by atoms with Gasteiger partial charge in [0.1, 0.15) is 6.04 Å². The first-order valence-corrected chi connectivity index (χ1v) is 3.37. The minimum absolute atomic E-state index is 0.0299. The lowest BCUT2D eigenvalue weighted by atomic mass is 10.1. The molecule has 1 unspecified atom stereocenters. The van der Waals surface area contributed by atoms with Crippen LogP contribution in [0.3, 0.4) is 0 Å². The van der Waals surface area contributed by atoms with Gasteiger partial charge in [-0.15, -0.1) is 0 Å². The number of nitrogens with zero attached hydrogens (tertiary/aromatic N) is 2. The van der Waals surface area contributed by atoms with Gasteiger partial charge >= 0.3 is 0 Å². The van der Waals surface area contributed by atoms with Crippen LogP contribution in [0.25, 0.3) is 0 Å². The summed E-state index contributed by atoms with van der Waals surface area (Å²) in [6.45, 7) is 0. The van der Waals surface area contributed by atoms with Crippen LogP contribution in [0.5, 0.6) is 0 Å². The average molecular weight is 146 g/mol. The van der Waals surface area contributed by atoms with Gasteiger partial charge in [0.2, 0.25) is 0 Å². The summed E-state index contributed by atoms with van der Waals surface area (Å²) in [7, 11) is 0. The van der Waals surface area contributed by atoms with E-state index in [0.717, 1.165) is 5.71 Å². The summed E-state index contributed by atoms with van der Waals surface area (Å²) in [5, 5.41) is 0. The highest BCUT2D eigenvalue weighted by Crippen LogP contribution is 2.08. The van der Waals surface area contributed by atoms with Crippen LogP contribution in [0.15, 0.2) is 34.3 Å². The second-order valence-electron chi connectivity index (χ2n) is 2.34. The van der Waals surface area contributed by atoms with Crippen molar-refractivity contribution >= 4 is 17.8 Å². The van der Waals surface area contributed by atoms with E-state index >= 15 is 0 Å². The number of dihydropyridines is 2. The van der Waals surface area contributed by atoms with Crippen molar-refractivity contribution in [1.29, 1.82) is 0 Å². The highest BCUT2D eigenvalue weighted by atomic mass is 16.1. The average Bonchev–Trinajstić information content (AvgIpc) is 2.04. The van der Waals surface area contributed by atoms with Gasteiger partial charge in [0.05, 0.1) is 5.71 Å². The Morgan fingerprint density at radius 2 is 2.27 bits per heavy atom. The molecule has 2 rings (SSSR count). The van der Waals surface area contributed by atoms with Crippen LogP contribution in [-0.4, -0.2) is 23.9 Å².